The third kappa shape index (κ3) is 3.00. The Labute approximate surface area is 166 Å². The predicted octanol–water partition coefficient (Wildman–Crippen LogP) is 4.71. The van der Waals surface area contributed by atoms with Crippen LogP contribution >= 0.6 is 23.5 Å². The standard InChI is InChI=1S/C20H18N4OS2/c1-2-17-21-22-20-23(17)24-18(27-20)13-26-19(24)15-8-10-16(11-9-15)25-12-14-6-4-3-5-7-14/h3-11,13,19H,2,12H2,1H3. The number of nitrogens with zero attached hydrogens (tertiary/aromatic N) is 4. The zero-order chi connectivity index (χ0) is 18.2. The number of hydrogen-bond acceptors (Lipinski definition) is 6. The van der Waals surface area contributed by atoms with Gasteiger partial charge >= 0.3 is 0 Å². The average molecular weight is 395 g/mol. The molecule has 0 fully saturated rings. The summed E-state index contributed by atoms with van der Waals surface area (Å²) in [5.41, 5.74) is 2.41. The molecule has 0 spiro atoms. The topological polar surface area (TPSA) is 43.2 Å². The van der Waals surface area contributed by atoms with Gasteiger partial charge in [0.1, 0.15) is 22.8 Å². The molecule has 0 saturated heterocycles. The van der Waals surface area contributed by atoms with Gasteiger partial charge in [0.15, 0.2) is 5.82 Å². The largest absolute Gasteiger partial charge is 0.489 e. The van der Waals surface area contributed by atoms with E-state index in [2.05, 4.69) is 56.5 Å². The molecule has 1 aromatic heterocycles. The van der Waals surface area contributed by atoms with Crippen LogP contribution in [-0.2, 0) is 13.0 Å². The molecule has 7 heteroatoms. The van der Waals surface area contributed by atoms with Gasteiger partial charge in [-0.05, 0) is 35.0 Å². The first-order valence-electron chi connectivity index (χ1n) is 8.87. The van der Waals surface area contributed by atoms with Gasteiger partial charge < -0.3 is 4.74 Å². The minimum absolute atomic E-state index is 0.193. The van der Waals surface area contributed by atoms with Crippen molar-refractivity contribution in [2.24, 2.45) is 0 Å². The summed E-state index contributed by atoms with van der Waals surface area (Å²) in [5.74, 6) is 1.88. The lowest BCUT2D eigenvalue weighted by Gasteiger charge is -2.25. The quantitative estimate of drug-likeness (QED) is 0.624. The Morgan fingerprint density at radius 3 is 2.63 bits per heavy atom. The molecular weight excluding hydrogens is 376 g/mol. The Balaban J connectivity index is 1.33. The number of benzene rings is 2. The minimum atomic E-state index is 0.193. The van der Waals surface area contributed by atoms with E-state index in [0.29, 0.717) is 6.61 Å². The molecule has 0 bridgehead atoms. The smallest absolute Gasteiger partial charge is 0.216 e. The molecule has 0 N–H and O–H groups in total. The molecule has 5 rings (SSSR count). The van der Waals surface area contributed by atoms with E-state index in [0.717, 1.165) is 23.2 Å². The predicted molar refractivity (Wildman–Crippen MR) is 109 cm³/mol. The van der Waals surface area contributed by atoms with Crippen molar-refractivity contribution in [1.29, 1.82) is 0 Å². The first-order chi connectivity index (χ1) is 13.3. The molecule has 5 nitrogen and oxygen atoms in total. The van der Waals surface area contributed by atoms with Gasteiger partial charge in [0.05, 0.1) is 0 Å². The maximum atomic E-state index is 5.91. The second kappa shape index (κ2) is 6.98. The van der Waals surface area contributed by atoms with Crippen molar-refractivity contribution >= 4 is 23.5 Å². The normalized spacial score (nSPS) is 17.6. The number of hydrogen-bond donors (Lipinski definition) is 0. The molecule has 1 unspecified atom stereocenters. The number of ether oxygens (including phenoxy) is 1. The zero-order valence-corrected chi connectivity index (χ0v) is 16.4. The molecule has 2 aliphatic heterocycles. The lowest BCUT2D eigenvalue weighted by Crippen LogP contribution is -2.30. The fourth-order valence-electron chi connectivity index (χ4n) is 3.20. The van der Waals surface area contributed by atoms with E-state index in [9.17, 15) is 0 Å². The van der Waals surface area contributed by atoms with E-state index in [4.69, 9.17) is 4.74 Å². The number of aromatic nitrogens is 3. The summed E-state index contributed by atoms with van der Waals surface area (Å²) in [5, 5.41) is 15.5. The van der Waals surface area contributed by atoms with Crippen molar-refractivity contribution < 1.29 is 4.74 Å². The maximum absolute atomic E-state index is 5.91. The van der Waals surface area contributed by atoms with E-state index in [-0.39, 0.29) is 5.37 Å². The molecule has 0 saturated carbocycles. The highest BCUT2D eigenvalue weighted by atomic mass is 32.2. The highest BCUT2D eigenvalue weighted by Crippen LogP contribution is 2.51. The van der Waals surface area contributed by atoms with Crippen molar-refractivity contribution in [3.8, 4) is 5.75 Å². The van der Waals surface area contributed by atoms with Gasteiger partial charge in [0, 0.05) is 11.8 Å². The Morgan fingerprint density at radius 1 is 1.04 bits per heavy atom. The Kier molecular flexibility index (Phi) is 4.33. The summed E-state index contributed by atoms with van der Waals surface area (Å²) in [7, 11) is 0. The first kappa shape index (κ1) is 16.8. The van der Waals surface area contributed by atoms with Crippen molar-refractivity contribution in [1.82, 2.24) is 14.9 Å². The molecule has 1 atom stereocenters. The van der Waals surface area contributed by atoms with E-state index in [1.54, 1.807) is 11.8 Å². The summed E-state index contributed by atoms with van der Waals surface area (Å²) in [6, 6.07) is 18.6. The van der Waals surface area contributed by atoms with Crippen LogP contribution in [0.5, 0.6) is 5.75 Å². The van der Waals surface area contributed by atoms with Crippen LogP contribution in [0.2, 0.25) is 0 Å². The van der Waals surface area contributed by atoms with Gasteiger partial charge in [-0.25, -0.2) is 4.68 Å². The van der Waals surface area contributed by atoms with Gasteiger partial charge in [0.2, 0.25) is 5.16 Å². The number of aryl methyl sites for hydroxylation is 1. The fourth-order valence-corrected chi connectivity index (χ4v) is 5.45. The van der Waals surface area contributed by atoms with Crippen molar-refractivity contribution in [3.63, 3.8) is 0 Å². The lowest BCUT2D eigenvalue weighted by molar-refractivity contribution is 0.306. The summed E-state index contributed by atoms with van der Waals surface area (Å²) in [6.45, 7) is 2.69. The van der Waals surface area contributed by atoms with E-state index < -0.39 is 0 Å². The minimum Gasteiger partial charge on any atom is -0.489 e. The van der Waals surface area contributed by atoms with Crippen molar-refractivity contribution in [3.05, 3.63) is 82.0 Å². The Hall–Kier alpha value is -2.38. The lowest BCUT2D eigenvalue weighted by atomic mass is 10.2. The maximum Gasteiger partial charge on any atom is 0.216 e. The van der Waals surface area contributed by atoms with Crippen LogP contribution in [0.15, 0.2) is 70.2 Å². The van der Waals surface area contributed by atoms with Gasteiger partial charge in [-0.15, -0.1) is 10.2 Å². The molecule has 27 heavy (non-hydrogen) atoms. The summed E-state index contributed by atoms with van der Waals surface area (Å²) < 4.78 is 8.07. The highest BCUT2D eigenvalue weighted by Gasteiger charge is 2.39. The fraction of sp³-hybridized carbons (Fsp3) is 0.200. The van der Waals surface area contributed by atoms with Gasteiger partial charge in [-0.3, -0.25) is 5.01 Å². The average Bonchev–Trinajstić information content (AvgIpc) is 3.39. The first-order valence-corrected chi connectivity index (χ1v) is 10.6. The van der Waals surface area contributed by atoms with Crippen LogP contribution < -0.4 is 9.75 Å². The van der Waals surface area contributed by atoms with Crippen LogP contribution in [0.3, 0.4) is 0 Å². The molecule has 3 heterocycles. The van der Waals surface area contributed by atoms with Crippen molar-refractivity contribution in [2.45, 2.75) is 30.5 Å². The number of thioether (sulfide) groups is 2. The second-order valence-corrected chi connectivity index (χ2v) is 8.24. The zero-order valence-electron chi connectivity index (χ0n) is 14.8. The molecule has 3 aromatic rings. The molecule has 2 aromatic carbocycles. The number of rotatable bonds is 5. The van der Waals surface area contributed by atoms with Crippen LogP contribution in [0.4, 0.5) is 0 Å². The van der Waals surface area contributed by atoms with Crippen LogP contribution in [0, 0.1) is 0 Å². The molecule has 0 aliphatic carbocycles. The van der Waals surface area contributed by atoms with Crippen molar-refractivity contribution in [2.75, 3.05) is 5.01 Å². The third-order valence-corrected chi connectivity index (χ3v) is 6.75. The summed E-state index contributed by atoms with van der Waals surface area (Å²) >= 11 is 3.50. The van der Waals surface area contributed by atoms with E-state index in [1.807, 2.05) is 42.1 Å². The molecule has 136 valence electrons. The number of fused-ring (bicyclic) bond motifs is 3. The highest BCUT2D eigenvalue weighted by molar-refractivity contribution is 8.07. The monoisotopic (exact) mass is 394 g/mol. The Morgan fingerprint density at radius 2 is 1.85 bits per heavy atom. The van der Waals surface area contributed by atoms with Crippen LogP contribution in [-0.4, -0.2) is 14.9 Å². The van der Waals surface area contributed by atoms with Gasteiger partial charge in [0.25, 0.3) is 0 Å². The van der Waals surface area contributed by atoms with Gasteiger partial charge in [-0.1, -0.05) is 61.2 Å². The van der Waals surface area contributed by atoms with Crippen LogP contribution in [0.25, 0.3) is 0 Å². The van der Waals surface area contributed by atoms with Gasteiger partial charge in [-0.2, -0.15) is 0 Å². The molecule has 0 amide bonds. The van der Waals surface area contributed by atoms with Crippen LogP contribution in [0.1, 0.15) is 29.2 Å². The SMILES string of the molecule is CCc1nnc2n1N1C(=CSC1c1ccc(OCc3ccccc3)cc1)S2. The summed E-state index contributed by atoms with van der Waals surface area (Å²) in [4.78, 5) is 0. The summed E-state index contributed by atoms with van der Waals surface area (Å²) in [6.07, 6.45) is 0.862. The third-order valence-electron chi connectivity index (χ3n) is 4.56. The molecule has 2 aliphatic rings. The van der Waals surface area contributed by atoms with E-state index in [1.165, 1.54) is 16.2 Å². The Bertz CT molecular complexity index is 985. The molecule has 0 radical (unpaired) electrons. The molecular formula is C20H18N4OS2. The van der Waals surface area contributed by atoms with E-state index >= 15 is 0 Å². The second-order valence-electron chi connectivity index (χ2n) is 6.30.